The molecule has 10 nitrogen and oxygen atoms in total. The second-order valence-electron chi connectivity index (χ2n) is 13.4. The number of nitrogen functional groups attached to an aromatic ring is 1. The van der Waals surface area contributed by atoms with Crippen molar-refractivity contribution in [3.63, 3.8) is 0 Å². The molecular formula is C34H41BrF3N5O5. The summed E-state index contributed by atoms with van der Waals surface area (Å²) in [6, 6.07) is 10.0. The molecule has 4 aliphatic rings. The summed E-state index contributed by atoms with van der Waals surface area (Å²) in [5, 5.41) is 2.71. The molecule has 0 radical (unpaired) electrons. The van der Waals surface area contributed by atoms with Crippen LogP contribution >= 0.6 is 15.9 Å². The molecule has 0 unspecified atom stereocenters. The van der Waals surface area contributed by atoms with Gasteiger partial charge in [0.1, 0.15) is 5.60 Å². The Bertz CT molecular complexity index is 1530. The first-order valence-corrected chi connectivity index (χ1v) is 17.4. The first-order valence-electron chi connectivity index (χ1n) is 16.6. The van der Waals surface area contributed by atoms with Crippen LogP contribution in [0.3, 0.4) is 0 Å². The molecule has 0 aromatic heterocycles. The summed E-state index contributed by atoms with van der Waals surface area (Å²) in [6.07, 6.45) is -3.17. The van der Waals surface area contributed by atoms with Crippen LogP contribution in [0, 0.1) is 5.92 Å². The summed E-state index contributed by atoms with van der Waals surface area (Å²) in [5.74, 6) is 0.269. The number of ether oxygens (including phenoxy) is 2. The highest BCUT2D eigenvalue weighted by molar-refractivity contribution is 9.10. The molecule has 14 heteroatoms. The summed E-state index contributed by atoms with van der Waals surface area (Å²) >= 11 is 3.12. The zero-order valence-electron chi connectivity index (χ0n) is 26.9. The fraction of sp³-hybridized carbons (Fsp3) is 0.559. The number of halogens is 4. The lowest BCUT2D eigenvalue weighted by Gasteiger charge is -2.44. The number of carbonyl (C=O) groups excluding carboxylic acids is 3. The number of likely N-dealkylation sites (tertiary alicyclic amines) is 3. The summed E-state index contributed by atoms with van der Waals surface area (Å²) < 4.78 is 53.1. The summed E-state index contributed by atoms with van der Waals surface area (Å²) in [6.45, 7) is 5.64. The van der Waals surface area contributed by atoms with Crippen molar-refractivity contribution in [3.8, 4) is 0 Å². The topological polar surface area (TPSA) is 117 Å². The van der Waals surface area contributed by atoms with E-state index in [0.29, 0.717) is 43.6 Å². The van der Waals surface area contributed by atoms with Crippen LogP contribution < -0.4 is 11.1 Å². The Balaban J connectivity index is 1.17. The van der Waals surface area contributed by atoms with E-state index in [-0.39, 0.29) is 29.5 Å². The van der Waals surface area contributed by atoms with Gasteiger partial charge < -0.3 is 29.9 Å². The number of para-hydroxylation sites is 1. The normalized spacial score (nSPS) is 21.3. The maximum atomic E-state index is 14.0. The van der Waals surface area contributed by atoms with Gasteiger partial charge in [-0.05, 0) is 84.4 Å². The van der Waals surface area contributed by atoms with E-state index < -0.39 is 47.2 Å². The number of nitrogens with two attached hydrogens (primary N) is 1. The number of anilines is 2. The van der Waals surface area contributed by atoms with Gasteiger partial charge in [0.05, 0.1) is 16.9 Å². The minimum Gasteiger partial charge on any atom is -0.438 e. The lowest BCUT2D eigenvalue weighted by Crippen LogP contribution is -2.53. The standard InChI is InChI=1S/C34H41BrF3N5O5/c1-21-6-12-41(13-7-21)23-8-14-42(15-9-23)30(44)28(20-22-18-25(34(36,37)38)29(39)26(35)19-22)47-32(46)43-16-10-33(11-17-43)24-4-2-3-5-27(24)40-31(45)48-33/h2-5,18-19,21,23,28H,6-17,20,39H2,1H3,(H,40,45)/t28-/m1/s1. The number of hydrogen-bond donors (Lipinski definition) is 2. The number of benzene rings is 2. The average molecular weight is 737 g/mol. The van der Waals surface area contributed by atoms with Gasteiger partial charge in [-0.3, -0.25) is 10.1 Å². The monoisotopic (exact) mass is 735 g/mol. The number of rotatable bonds is 5. The maximum absolute atomic E-state index is 14.0. The van der Waals surface area contributed by atoms with Crippen molar-refractivity contribution in [1.29, 1.82) is 0 Å². The molecule has 260 valence electrons. The Kier molecular flexibility index (Phi) is 9.85. The molecule has 1 atom stereocenters. The molecule has 0 bridgehead atoms. The molecule has 3 saturated heterocycles. The average Bonchev–Trinajstić information content (AvgIpc) is 3.06. The number of amides is 3. The molecule has 6 rings (SSSR count). The van der Waals surface area contributed by atoms with Crippen LogP contribution in [0.1, 0.15) is 62.1 Å². The van der Waals surface area contributed by atoms with Gasteiger partial charge in [0, 0.05) is 61.5 Å². The van der Waals surface area contributed by atoms with Gasteiger partial charge in [-0.25, -0.2) is 9.59 Å². The number of piperidine rings is 3. The number of alkyl halides is 3. The number of fused-ring (bicyclic) bond motifs is 2. The Morgan fingerprint density at radius 3 is 2.38 bits per heavy atom. The van der Waals surface area contributed by atoms with E-state index in [2.05, 4.69) is 33.1 Å². The molecule has 2 aromatic carbocycles. The van der Waals surface area contributed by atoms with E-state index in [1.54, 1.807) is 11.0 Å². The summed E-state index contributed by atoms with van der Waals surface area (Å²) in [7, 11) is 0. The van der Waals surface area contributed by atoms with E-state index in [1.165, 1.54) is 11.0 Å². The van der Waals surface area contributed by atoms with Crippen molar-refractivity contribution >= 4 is 45.4 Å². The van der Waals surface area contributed by atoms with Crippen molar-refractivity contribution in [2.45, 2.75) is 75.8 Å². The van der Waals surface area contributed by atoms with Crippen molar-refractivity contribution in [3.05, 3.63) is 57.6 Å². The highest BCUT2D eigenvalue weighted by Gasteiger charge is 2.46. The number of nitrogens with zero attached hydrogens (tertiary/aromatic N) is 3. The largest absolute Gasteiger partial charge is 0.438 e. The molecule has 3 fully saturated rings. The van der Waals surface area contributed by atoms with E-state index in [9.17, 15) is 27.6 Å². The van der Waals surface area contributed by atoms with Gasteiger partial charge in [0.25, 0.3) is 5.91 Å². The fourth-order valence-electron chi connectivity index (χ4n) is 7.44. The predicted octanol–water partition coefficient (Wildman–Crippen LogP) is 6.37. The van der Waals surface area contributed by atoms with Gasteiger partial charge in [-0.15, -0.1) is 0 Å². The quantitative estimate of drug-likeness (QED) is 0.343. The molecule has 4 aliphatic heterocycles. The van der Waals surface area contributed by atoms with Gasteiger partial charge in [0.15, 0.2) is 6.10 Å². The van der Waals surface area contributed by atoms with E-state index in [1.807, 2.05) is 18.2 Å². The third-order valence-corrected chi connectivity index (χ3v) is 11.0. The SMILES string of the molecule is CC1CCN(C2CCN(C(=O)[C@@H](Cc3cc(Br)c(N)c(C(F)(F)F)c3)OC(=O)N3CCC4(CC3)OC(=O)Nc3ccccc34)CC2)CC1. The lowest BCUT2D eigenvalue weighted by atomic mass is 9.82. The Morgan fingerprint density at radius 2 is 1.71 bits per heavy atom. The zero-order chi connectivity index (χ0) is 34.2. The first-order chi connectivity index (χ1) is 22.8. The third kappa shape index (κ3) is 7.24. The zero-order valence-corrected chi connectivity index (χ0v) is 28.4. The third-order valence-electron chi connectivity index (χ3n) is 10.3. The predicted molar refractivity (Wildman–Crippen MR) is 176 cm³/mol. The van der Waals surface area contributed by atoms with Crippen LogP contribution in [0.5, 0.6) is 0 Å². The number of carbonyl (C=O) groups is 3. The fourth-order valence-corrected chi connectivity index (χ4v) is 7.95. The Morgan fingerprint density at radius 1 is 1.04 bits per heavy atom. The molecule has 3 N–H and O–H groups in total. The van der Waals surface area contributed by atoms with Crippen molar-refractivity contribution in [2.24, 2.45) is 5.92 Å². The van der Waals surface area contributed by atoms with Crippen LogP contribution in [0.25, 0.3) is 0 Å². The van der Waals surface area contributed by atoms with Crippen molar-refractivity contribution < 1.29 is 37.0 Å². The van der Waals surface area contributed by atoms with Gasteiger partial charge in [0.2, 0.25) is 0 Å². The lowest BCUT2D eigenvalue weighted by molar-refractivity contribution is -0.143. The van der Waals surface area contributed by atoms with Crippen LogP contribution in [0.2, 0.25) is 0 Å². The minimum atomic E-state index is -4.71. The molecule has 2 aromatic rings. The Labute approximate surface area is 286 Å². The number of nitrogens with one attached hydrogen (secondary N) is 1. The first kappa shape index (κ1) is 34.3. The van der Waals surface area contributed by atoms with E-state index in [0.717, 1.165) is 50.4 Å². The minimum absolute atomic E-state index is 0.0413. The van der Waals surface area contributed by atoms with E-state index >= 15 is 0 Å². The number of hydrogen-bond acceptors (Lipinski definition) is 7. The van der Waals surface area contributed by atoms with Crippen molar-refractivity contribution in [2.75, 3.05) is 50.3 Å². The molecule has 4 heterocycles. The van der Waals surface area contributed by atoms with Crippen LogP contribution in [-0.2, 0) is 32.5 Å². The van der Waals surface area contributed by atoms with E-state index in [4.69, 9.17) is 15.2 Å². The second-order valence-corrected chi connectivity index (χ2v) is 14.3. The second kappa shape index (κ2) is 13.8. The highest BCUT2D eigenvalue weighted by Crippen LogP contribution is 2.43. The molecule has 0 saturated carbocycles. The van der Waals surface area contributed by atoms with Crippen LogP contribution in [0.15, 0.2) is 40.9 Å². The van der Waals surface area contributed by atoms with Gasteiger partial charge in [-0.1, -0.05) is 25.1 Å². The molecule has 48 heavy (non-hydrogen) atoms. The van der Waals surface area contributed by atoms with Crippen LogP contribution in [0.4, 0.5) is 34.1 Å². The highest BCUT2D eigenvalue weighted by atomic mass is 79.9. The summed E-state index contributed by atoms with van der Waals surface area (Å²) in [5.41, 5.74) is 4.97. The van der Waals surface area contributed by atoms with Crippen LogP contribution in [-0.4, -0.2) is 84.2 Å². The van der Waals surface area contributed by atoms with Gasteiger partial charge >= 0.3 is 18.4 Å². The molecule has 0 aliphatic carbocycles. The Hall–Kier alpha value is -3.52. The van der Waals surface area contributed by atoms with Crippen molar-refractivity contribution in [1.82, 2.24) is 14.7 Å². The smallest absolute Gasteiger partial charge is 0.418 e. The molecular weight excluding hydrogens is 695 g/mol. The van der Waals surface area contributed by atoms with Gasteiger partial charge in [-0.2, -0.15) is 13.2 Å². The molecule has 3 amide bonds. The molecule has 1 spiro atoms. The maximum Gasteiger partial charge on any atom is 0.418 e. The summed E-state index contributed by atoms with van der Waals surface area (Å²) in [4.78, 5) is 45.5.